The van der Waals surface area contributed by atoms with E-state index in [1.807, 2.05) is 11.7 Å². The van der Waals surface area contributed by atoms with Gasteiger partial charge in [-0.2, -0.15) is 5.10 Å². The van der Waals surface area contributed by atoms with Gasteiger partial charge < -0.3 is 4.90 Å². The lowest BCUT2D eigenvalue weighted by Crippen LogP contribution is -2.51. The van der Waals surface area contributed by atoms with Crippen LogP contribution in [0.15, 0.2) is 0 Å². The van der Waals surface area contributed by atoms with Crippen molar-refractivity contribution in [3.05, 3.63) is 17.0 Å². The van der Waals surface area contributed by atoms with E-state index in [0.29, 0.717) is 11.8 Å². The molecule has 2 aliphatic rings. The van der Waals surface area contributed by atoms with E-state index >= 15 is 0 Å². The summed E-state index contributed by atoms with van der Waals surface area (Å²) in [5.74, 6) is 0.955. The standard InChI is InChI=1S/C20H34N4O/c1-14(2)13-23-11-7-6-9-18(23)20(25)24-12-8-10-17(24)19-15(3)21-22(5)16(19)4/h14,17-18H,6-13H2,1-5H3/t17-,18-/m1/s1. The van der Waals surface area contributed by atoms with Crippen LogP contribution in [0.5, 0.6) is 0 Å². The monoisotopic (exact) mass is 346 g/mol. The molecule has 2 aliphatic heterocycles. The molecule has 0 spiro atoms. The molecule has 0 aliphatic carbocycles. The smallest absolute Gasteiger partial charge is 0.240 e. The van der Waals surface area contributed by atoms with Gasteiger partial charge >= 0.3 is 0 Å². The van der Waals surface area contributed by atoms with E-state index in [0.717, 1.165) is 44.6 Å². The molecule has 0 bridgehead atoms. The summed E-state index contributed by atoms with van der Waals surface area (Å²) in [4.78, 5) is 18.1. The molecule has 1 amide bonds. The van der Waals surface area contributed by atoms with Crippen LogP contribution in [0.3, 0.4) is 0 Å². The van der Waals surface area contributed by atoms with Crippen molar-refractivity contribution in [3.63, 3.8) is 0 Å². The van der Waals surface area contributed by atoms with Gasteiger partial charge in [-0.3, -0.25) is 14.4 Å². The Balaban J connectivity index is 1.82. The Hall–Kier alpha value is -1.36. The van der Waals surface area contributed by atoms with Crippen LogP contribution >= 0.6 is 0 Å². The summed E-state index contributed by atoms with van der Waals surface area (Å²) in [5.41, 5.74) is 3.55. The fraction of sp³-hybridized carbons (Fsp3) is 0.800. The average Bonchev–Trinajstić information content (AvgIpc) is 3.12. The van der Waals surface area contributed by atoms with E-state index < -0.39 is 0 Å². The van der Waals surface area contributed by atoms with Crippen LogP contribution in [0, 0.1) is 19.8 Å². The Morgan fingerprint density at radius 2 is 1.92 bits per heavy atom. The maximum Gasteiger partial charge on any atom is 0.240 e. The number of piperidine rings is 1. The van der Waals surface area contributed by atoms with Gasteiger partial charge in [-0.25, -0.2) is 0 Å². The van der Waals surface area contributed by atoms with Crippen LogP contribution in [0.2, 0.25) is 0 Å². The summed E-state index contributed by atoms with van der Waals surface area (Å²) < 4.78 is 1.96. The topological polar surface area (TPSA) is 41.4 Å². The van der Waals surface area contributed by atoms with Crippen molar-refractivity contribution in [1.29, 1.82) is 0 Å². The molecule has 5 heteroatoms. The molecule has 25 heavy (non-hydrogen) atoms. The third-order valence-corrected chi connectivity index (χ3v) is 5.93. The van der Waals surface area contributed by atoms with Crippen molar-refractivity contribution in [3.8, 4) is 0 Å². The van der Waals surface area contributed by atoms with Crippen LogP contribution in [0.1, 0.15) is 68.9 Å². The third kappa shape index (κ3) is 3.62. The number of likely N-dealkylation sites (tertiary alicyclic amines) is 2. The van der Waals surface area contributed by atoms with Gasteiger partial charge in [0.25, 0.3) is 0 Å². The van der Waals surface area contributed by atoms with Crippen LogP contribution in [-0.4, -0.2) is 51.2 Å². The number of hydrogen-bond donors (Lipinski definition) is 0. The fourth-order valence-corrected chi connectivity index (χ4v) is 4.75. The van der Waals surface area contributed by atoms with E-state index in [4.69, 9.17) is 0 Å². The molecule has 1 aromatic rings. The van der Waals surface area contributed by atoms with Gasteiger partial charge in [0.05, 0.1) is 17.8 Å². The SMILES string of the molecule is Cc1nn(C)c(C)c1[C@H]1CCCN1C(=O)[C@H]1CCCCN1CC(C)C. The molecule has 2 saturated heterocycles. The van der Waals surface area contributed by atoms with Crippen molar-refractivity contribution in [2.45, 2.75) is 71.9 Å². The Morgan fingerprint density at radius 1 is 1.16 bits per heavy atom. The predicted molar refractivity (Wildman–Crippen MR) is 100 cm³/mol. The van der Waals surface area contributed by atoms with E-state index in [1.54, 1.807) is 0 Å². The zero-order valence-electron chi connectivity index (χ0n) is 16.6. The lowest BCUT2D eigenvalue weighted by Gasteiger charge is -2.39. The normalized spacial score (nSPS) is 25.1. The van der Waals surface area contributed by atoms with Gasteiger partial charge in [0, 0.05) is 31.4 Å². The number of carbonyl (C=O) groups is 1. The number of nitrogens with zero attached hydrogens (tertiary/aromatic N) is 4. The minimum atomic E-state index is 0.0778. The highest BCUT2D eigenvalue weighted by molar-refractivity contribution is 5.82. The van der Waals surface area contributed by atoms with E-state index in [9.17, 15) is 4.79 Å². The highest BCUT2D eigenvalue weighted by Crippen LogP contribution is 2.37. The quantitative estimate of drug-likeness (QED) is 0.841. The summed E-state index contributed by atoms with van der Waals surface area (Å²) in [7, 11) is 2.00. The molecule has 1 aromatic heterocycles. The number of aryl methyl sites for hydroxylation is 2. The molecule has 0 unspecified atom stereocenters. The van der Waals surface area contributed by atoms with Gasteiger partial charge in [-0.1, -0.05) is 20.3 Å². The molecular weight excluding hydrogens is 312 g/mol. The van der Waals surface area contributed by atoms with Crippen molar-refractivity contribution < 1.29 is 4.79 Å². The molecule has 3 rings (SSSR count). The second-order valence-electron chi connectivity index (χ2n) is 8.30. The maximum absolute atomic E-state index is 13.5. The predicted octanol–water partition coefficient (Wildman–Crippen LogP) is 3.21. The molecule has 0 saturated carbocycles. The van der Waals surface area contributed by atoms with Gasteiger partial charge in [0.2, 0.25) is 5.91 Å². The minimum Gasteiger partial charge on any atom is -0.334 e. The van der Waals surface area contributed by atoms with Gasteiger partial charge in [-0.05, 0) is 52.0 Å². The molecule has 2 atom stereocenters. The zero-order chi connectivity index (χ0) is 18.1. The van der Waals surface area contributed by atoms with Gasteiger partial charge in [0.15, 0.2) is 0 Å². The molecule has 2 fully saturated rings. The molecule has 3 heterocycles. The second kappa shape index (κ2) is 7.48. The van der Waals surface area contributed by atoms with E-state index in [1.165, 1.54) is 24.1 Å². The Labute approximate surface area is 152 Å². The first-order valence-corrected chi connectivity index (χ1v) is 9.94. The van der Waals surface area contributed by atoms with Gasteiger partial charge in [0.1, 0.15) is 0 Å². The molecule has 0 aromatic carbocycles. The Kier molecular flexibility index (Phi) is 5.52. The first-order valence-electron chi connectivity index (χ1n) is 9.94. The highest BCUT2D eigenvalue weighted by Gasteiger charge is 2.39. The Morgan fingerprint density at radius 3 is 2.56 bits per heavy atom. The first-order chi connectivity index (χ1) is 11.9. The molecular formula is C20H34N4O. The van der Waals surface area contributed by atoms with Crippen LogP contribution in [0.4, 0.5) is 0 Å². The average molecular weight is 347 g/mol. The molecule has 140 valence electrons. The number of amides is 1. The minimum absolute atomic E-state index is 0.0778. The lowest BCUT2D eigenvalue weighted by atomic mass is 9.97. The van der Waals surface area contributed by atoms with E-state index in [-0.39, 0.29) is 12.1 Å². The summed E-state index contributed by atoms with van der Waals surface area (Å²) in [6.45, 7) is 11.7. The molecule has 5 nitrogen and oxygen atoms in total. The van der Waals surface area contributed by atoms with Crippen molar-refractivity contribution in [1.82, 2.24) is 19.6 Å². The van der Waals surface area contributed by atoms with Crippen LogP contribution < -0.4 is 0 Å². The number of carbonyl (C=O) groups excluding carboxylic acids is 1. The first kappa shape index (κ1) is 18.4. The lowest BCUT2D eigenvalue weighted by molar-refractivity contribution is -0.139. The van der Waals surface area contributed by atoms with Crippen LogP contribution in [-0.2, 0) is 11.8 Å². The molecule has 0 radical (unpaired) electrons. The summed E-state index contributed by atoms with van der Waals surface area (Å²) in [5, 5.41) is 4.58. The fourth-order valence-electron chi connectivity index (χ4n) is 4.75. The van der Waals surface area contributed by atoms with E-state index in [2.05, 4.69) is 42.6 Å². The van der Waals surface area contributed by atoms with Crippen molar-refractivity contribution in [2.75, 3.05) is 19.6 Å². The maximum atomic E-state index is 13.5. The van der Waals surface area contributed by atoms with Crippen molar-refractivity contribution in [2.24, 2.45) is 13.0 Å². The van der Waals surface area contributed by atoms with Gasteiger partial charge in [-0.15, -0.1) is 0 Å². The highest BCUT2D eigenvalue weighted by atomic mass is 16.2. The van der Waals surface area contributed by atoms with Crippen LogP contribution in [0.25, 0.3) is 0 Å². The zero-order valence-corrected chi connectivity index (χ0v) is 16.6. The molecule has 0 N–H and O–H groups in total. The second-order valence-corrected chi connectivity index (χ2v) is 8.30. The van der Waals surface area contributed by atoms with Crippen molar-refractivity contribution >= 4 is 5.91 Å². The number of aromatic nitrogens is 2. The summed E-state index contributed by atoms with van der Waals surface area (Å²) in [6.07, 6.45) is 5.58. The Bertz CT molecular complexity index is 621. The largest absolute Gasteiger partial charge is 0.334 e. The summed E-state index contributed by atoms with van der Waals surface area (Å²) in [6, 6.07) is 0.290. The number of rotatable bonds is 4. The third-order valence-electron chi connectivity index (χ3n) is 5.93. The number of hydrogen-bond acceptors (Lipinski definition) is 3. The summed E-state index contributed by atoms with van der Waals surface area (Å²) >= 11 is 0.